The summed E-state index contributed by atoms with van der Waals surface area (Å²) in [4.78, 5) is 24.7. The lowest BCUT2D eigenvalue weighted by molar-refractivity contribution is -0.138. The molecule has 5 atom stereocenters. The second kappa shape index (κ2) is 3.71. The van der Waals surface area contributed by atoms with Crippen LogP contribution in [-0.2, 0) is 14.3 Å². The van der Waals surface area contributed by atoms with Crippen LogP contribution < -0.4 is 0 Å². The zero-order valence-corrected chi connectivity index (χ0v) is 12.2. The molecule has 0 heterocycles. The monoisotopic (exact) mass is 262 g/mol. The maximum atomic E-state index is 12.8. The zero-order chi connectivity index (χ0) is 14.0. The lowest BCUT2D eigenvalue weighted by atomic mass is 9.60. The molecule has 3 aliphatic carbocycles. The fourth-order valence-electron chi connectivity index (χ4n) is 5.49. The molecular formula is C16H22O3. The van der Waals surface area contributed by atoms with E-state index in [0.29, 0.717) is 24.0 Å². The lowest BCUT2D eigenvalue weighted by Crippen LogP contribution is -2.44. The largest absolute Gasteiger partial charge is 0.466 e. The van der Waals surface area contributed by atoms with Crippen molar-refractivity contribution in [1.82, 2.24) is 0 Å². The van der Waals surface area contributed by atoms with Crippen LogP contribution in [0.25, 0.3) is 0 Å². The molecule has 0 aromatic carbocycles. The molecule has 104 valence electrons. The predicted molar refractivity (Wildman–Crippen MR) is 71.3 cm³/mol. The Morgan fingerprint density at radius 1 is 1.42 bits per heavy atom. The van der Waals surface area contributed by atoms with E-state index in [1.165, 1.54) is 7.11 Å². The number of Topliss-reactive ketones (excluding diaryl/α,β-unsaturated/α-hetero) is 1. The number of esters is 1. The molecule has 2 fully saturated rings. The molecule has 0 unspecified atom stereocenters. The summed E-state index contributed by atoms with van der Waals surface area (Å²) in [5.41, 5.74) is 0.232. The Morgan fingerprint density at radius 3 is 2.74 bits per heavy atom. The molecule has 0 aromatic heterocycles. The maximum Gasteiger partial charge on any atom is 0.333 e. The number of methoxy groups -OCH3 is 1. The molecule has 1 spiro atoms. The van der Waals surface area contributed by atoms with E-state index in [0.717, 1.165) is 18.4 Å². The molecule has 0 N–H and O–H groups in total. The number of allylic oxidation sites excluding steroid dienone is 1. The van der Waals surface area contributed by atoms with E-state index in [4.69, 9.17) is 4.74 Å². The van der Waals surface area contributed by atoms with Gasteiger partial charge in [-0.05, 0) is 30.1 Å². The van der Waals surface area contributed by atoms with Crippen LogP contribution in [0.4, 0.5) is 0 Å². The molecule has 3 rings (SSSR count). The fourth-order valence-corrected chi connectivity index (χ4v) is 5.49. The summed E-state index contributed by atoms with van der Waals surface area (Å²) in [5.74, 6) is 0.978. The number of carbonyl (C=O) groups excluding carboxylic acids is 2. The van der Waals surface area contributed by atoms with E-state index in [1.54, 1.807) is 0 Å². The van der Waals surface area contributed by atoms with Gasteiger partial charge in [-0.15, -0.1) is 0 Å². The fraction of sp³-hybridized carbons (Fsp3) is 0.750. The van der Waals surface area contributed by atoms with Gasteiger partial charge in [0.1, 0.15) is 5.78 Å². The van der Waals surface area contributed by atoms with E-state index in [9.17, 15) is 9.59 Å². The first kappa shape index (κ1) is 12.9. The van der Waals surface area contributed by atoms with Gasteiger partial charge < -0.3 is 4.74 Å². The van der Waals surface area contributed by atoms with Crippen LogP contribution in [0.3, 0.4) is 0 Å². The highest BCUT2D eigenvalue weighted by molar-refractivity contribution is 5.97. The van der Waals surface area contributed by atoms with Crippen LogP contribution >= 0.6 is 0 Å². The Kier molecular flexibility index (Phi) is 2.52. The minimum atomic E-state index is -0.337. The smallest absolute Gasteiger partial charge is 0.333 e. The van der Waals surface area contributed by atoms with Crippen LogP contribution in [0.15, 0.2) is 11.6 Å². The lowest BCUT2D eigenvalue weighted by Gasteiger charge is -2.40. The third-order valence-corrected chi connectivity index (χ3v) is 6.20. The van der Waals surface area contributed by atoms with Crippen molar-refractivity contribution >= 4 is 11.8 Å². The summed E-state index contributed by atoms with van der Waals surface area (Å²) in [5, 5.41) is 0. The van der Waals surface area contributed by atoms with Gasteiger partial charge in [0.15, 0.2) is 0 Å². The van der Waals surface area contributed by atoms with Gasteiger partial charge in [-0.25, -0.2) is 4.79 Å². The highest BCUT2D eigenvalue weighted by Crippen LogP contribution is 2.71. The first-order valence-corrected chi connectivity index (χ1v) is 7.23. The Balaban J connectivity index is 2.13. The molecule has 0 aliphatic heterocycles. The molecule has 0 saturated heterocycles. The summed E-state index contributed by atoms with van der Waals surface area (Å²) < 4.78 is 4.90. The van der Waals surface area contributed by atoms with Gasteiger partial charge in [0, 0.05) is 23.3 Å². The molecule has 19 heavy (non-hydrogen) atoms. The van der Waals surface area contributed by atoms with Gasteiger partial charge in [-0.3, -0.25) is 4.79 Å². The van der Waals surface area contributed by atoms with E-state index >= 15 is 0 Å². The number of hydrogen-bond acceptors (Lipinski definition) is 3. The number of rotatable bonds is 1. The summed E-state index contributed by atoms with van der Waals surface area (Å²) in [6, 6.07) is 0. The molecule has 3 nitrogen and oxygen atoms in total. The van der Waals surface area contributed by atoms with Crippen molar-refractivity contribution in [3.05, 3.63) is 11.6 Å². The Hall–Kier alpha value is -1.12. The molecule has 0 amide bonds. The Morgan fingerprint density at radius 2 is 2.11 bits per heavy atom. The van der Waals surface area contributed by atoms with Gasteiger partial charge in [-0.2, -0.15) is 0 Å². The van der Waals surface area contributed by atoms with Gasteiger partial charge >= 0.3 is 5.97 Å². The van der Waals surface area contributed by atoms with Crippen molar-refractivity contribution in [2.75, 3.05) is 7.11 Å². The first-order chi connectivity index (χ1) is 8.88. The van der Waals surface area contributed by atoms with E-state index in [1.807, 2.05) is 6.92 Å². The maximum absolute atomic E-state index is 12.8. The quantitative estimate of drug-likeness (QED) is 0.682. The van der Waals surface area contributed by atoms with Crippen molar-refractivity contribution in [1.29, 1.82) is 0 Å². The van der Waals surface area contributed by atoms with Crippen LogP contribution in [0.5, 0.6) is 0 Å². The number of carbonyl (C=O) groups is 2. The van der Waals surface area contributed by atoms with Gasteiger partial charge in [0.05, 0.1) is 7.11 Å². The third kappa shape index (κ3) is 1.24. The van der Waals surface area contributed by atoms with Crippen LogP contribution in [0.1, 0.15) is 40.0 Å². The normalized spacial score (nSPS) is 47.9. The molecule has 2 saturated carbocycles. The highest BCUT2D eigenvalue weighted by atomic mass is 16.5. The summed E-state index contributed by atoms with van der Waals surface area (Å²) in [6.45, 7) is 6.39. The number of hydrogen-bond donors (Lipinski definition) is 0. The van der Waals surface area contributed by atoms with Crippen molar-refractivity contribution in [2.24, 2.45) is 28.6 Å². The summed E-state index contributed by atoms with van der Waals surface area (Å²) in [6.07, 6.45) is 4.85. The highest BCUT2D eigenvalue weighted by Gasteiger charge is 2.71. The van der Waals surface area contributed by atoms with Gasteiger partial charge in [0.2, 0.25) is 0 Å². The zero-order valence-electron chi connectivity index (χ0n) is 12.2. The average molecular weight is 262 g/mol. The summed E-state index contributed by atoms with van der Waals surface area (Å²) in [7, 11) is 1.42. The second-order valence-electron chi connectivity index (χ2n) is 6.85. The number of ether oxygens (including phenoxy) is 1. The van der Waals surface area contributed by atoms with Gasteiger partial charge in [-0.1, -0.05) is 26.8 Å². The topological polar surface area (TPSA) is 43.4 Å². The van der Waals surface area contributed by atoms with E-state index in [2.05, 4.69) is 19.9 Å². The van der Waals surface area contributed by atoms with E-state index < -0.39 is 0 Å². The van der Waals surface area contributed by atoms with Crippen molar-refractivity contribution < 1.29 is 14.3 Å². The number of ketones is 1. The Labute approximate surface area is 114 Å². The van der Waals surface area contributed by atoms with Crippen molar-refractivity contribution in [3.63, 3.8) is 0 Å². The van der Waals surface area contributed by atoms with Crippen LogP contribution in [0, 0.1) is 28.6 Å². The van der Waals surface area contributed by atoms with Crippen molar-refractivity contribution in [2.45, 2.75) is 40.0 Å². The third-order valence-electron chi connectivity index (χ3n) is 6.20. The SMILES string of the molecule is COC(=O)C1=C[C@@]2(C)CC[C@@H]3[C@@H](C)CC(=O)[C@@]32[C@@H]1C. The second-order valence-corrected chi connectivity index (χ2v) is 6.85. The van der Waals surface area contributed by atoms with Gasteiger partial charge in [0.25, 0.3) is 0 Å². The minimum absolute atomic E-state index is 0.00472. The summed E-state index contributed by atoms with van der Waals surface area (Å²) >= 11 is 0. The molecule has 3 heteroatoms. The minimum Gasteiger partial charge on any atom is -0.466 e. The predicted octanol–water partition coefficient (Wildman–Crippen LogP) is 2.75. The Bertz CT molecular complexity index is 492. The van der Waals surface area contributed by atoms with Crippen molar-refractivity contribution in [3.8, 4) is 0 Å². The van der Waals surface area contributed by atoms with Crippen LogP contribution in [0.2, 0.25) is 0 Å². The molecular weight excluding hydrogens is 240 g/mol. The molecule has 0 radical (unpaired) electrons. The first-order valence-electron chi connectivity index (χ1n) is 7.23. The molecule has 0 bridgehead atoms. The standard InChI is InChI=1S/C16H22O3/c1-9-7-13(17)16-10(2)11(14(18)19-4)8-15(16,3)6-5-12(9)16/h8-10,12H,5-7H2,1-4H3/t9-,10+,12+,15+,16+/m0/s1. The molecule has 3 aliphatic rings. The molecule has 0 aromatic rings. The average Bonchev–Trinajstić information content (AvgIpc) is 2.89. The van der Waals surface area contributed by atoms with Crippen LogP contribution in [-0.4, -0.2) is 18.9 Å². The van der Waals surface area contributed by atoms with E-state index in [-0.39, 0.29) is 22.7 Å².